The molecule has 2 aliphatic rings. The average molecular weight is 433 g/mol. The van der Waals surface area contributed by atoms with Gasteiger partial charge < -0.3 is 4.90 Å². The van der Waals surface area contributed by atoms with Crippen LogP contribution in [0.5, 0.6) is 0 Å². The van der Waals surface area contributed by atoms with Crippen molar-refractivity contribution in [2.24, 2.45) is 5.92 Å². The Morgan fingerprint density at radius 3 is 2.50 bits per heavy atom. The van der Waals surface area contributed by atoms with Gasteiger partial charge in [-0.25, -0.2) is 0 Å². The fourth-order valence-corrected chi connectivity index (χ4v) is 5.24. The molecule has 1 aromatic rings. The average Bonchev–Trinajstić information content (AvgIpc) is 3.24. The van der Waals surface area contributed by atoms with E-state index in [0.717, 1.165) is 57.4 Å². The summed E-state index contributed by atoms with van der Waals surface area (Å²) < 4.78 is 0. The number of carbonyl (C=O) groups excluding carboxylic acids is 2. The molecule has 30 heavy (non-hydrogen) atoms. The topological polar surface area (TPSA) is 40.6 Å². The van der Waals surface area contributed by atoms with E-state index in [9.17, 15) is 9.59 Å². The highest BCUT2D eigenvalue weighted by molar-refractivity contribution is 6.30. The molecule has 0 N–H and O–H groups in total. The van der Waals surface area contributed by atoms with Crippen LogP contribution in [0.2, 0.25) is 5.02 Å². The van der Waals surface area contributed by atoms with Crippen LogP contribution in [0, 0.1) is 12.8 Å². The Bertz CT molecular complexity index is 758. The molecule has 4 nitrogen and oxygen atoms in total. The highest BCUT2D eigenvalue weighted by atomic mass is 35.5. The fourth-order valence-electron chi connectivity index (χ4n) is 4.97. The molecule has 0 aromatic heterocycles. The molecule has 1 heterocycles. The normalized spacial score (nSPS) is 20.7. The number of rotatable bonds is 8. The molecule has 1 aliphatic carbocycles. The van der Waals surface area contributed by atoms with Crippen molar-refractivity contribution in [3.8, 4) is 0 Å². The molecule has 3 rings (SSSR count). The molecule has 2 fully saturated rings. The highest BCUT2D eigenvalue weighted by Crippen LogP contribution is 2.29. The molecule has 1 amide bonds. The zero-order valence-electron chi connectivity index (χ0n) is 18.9. The van der Waals surface area contributed by atoms with Gasteiger partial charge in [0.1, 0.15) is 5.78 Å². The summed E-state index contributed by atoms with van der Waals surface area (Å²) in [4.78, 5) is 29.7. The molecule has 1 saturated heterocycles. The molecule has 1 atom stereocenters. The van der Waals surface area contributed by atoms with E-state index >= 15 is 0 Å². The van der Waals surface area contributed by atoms with E-state index in [2.05, 4.69) is 30.6 Å². The predicted octanol–water partition coefficient (Wildman–Crippen LogP) is 5.17. The van der Waals surface area contributed by atoms with Crippen molar-refractivity contribution in [3.63, 3.8) is 0 Å². The molecule has 0 unspecified atom stereocenters. The third kappa shape index (κ3) is 5.85. The van der Waals surface area contributed by atoms with E-state index in [1.165, 1.54) is 24.0 Å². The lowest BCUT2D eigenvalue weighted by Crippen LogP contribution is -2.54. The summed E-state index contributed by atoms with van der Waals surface area (Å²) in [7, 11) is 0. The van der Waals surface area contributed by atoms with Gasteiger partial charge in [0.05, 0.1) is 0 Å². The molecule has 1 saturated carbocycles. The summed E-state index contributed by atoms with van der Waals surface area (Å²) in [6.45, 7) is 9.78. The van der Waals surface area contributed by atoms with E-state index in [4.69, 9.17) is 11.6 Å². The lowest BCUT2D eigenvalue weighted by atomic mass is 9.96. The Labute approximate surface area is 186 Å². The van der Waals surface area contributed by atoms with Gasteiger partial charge in [0.2, 0.25) is 5.91 Å². The van der Waals surface area contributed by atoms with Gasteiger partial charge in [0, 0.05) is 56.0 Å². The predicted molar refractivity (Wildman–Crippen MR) is 123 cm³/mol. The smallest absolute Gasteiger partial charge is 0.226 e. The molecule has 1 aromatic carbocycles. The third-order valence-corrected chi connectivity index (χ3v) is 7.10. The number of unbranched alkanes of at least 4 members (excludes halogenated alkanes) is 1. The maximum Gasteiger partial charge on any atom is 0.226 e. The lowest BCUT2D eigenvalue weighted by Gasteiger charge is -2.41. The van der Waals surface area contributed by atoms with E-state index in [-0.39, 0.29) is 12.0 Å². The number of nitrogens with zero attached hydrogens (tertiary/aromatic N) is 2. The Hall–Kier alpha value is -1.39. The summed E-state index contributed by atoms with van der Waals surface area (Å²) in [6.07, 6.45) is 7.63. The second-order valence-corrected chi connectivity index (χ2v) is 9.70. The van der Waals surface area contributed by atoms with Gasteiger partial charge in [-0.15, -0.1) is 0 Å². The fraction of sp³-hybridized carbons (Fsp3) is 0.680. The van der Waals surface area contributed by atoms with Gasteiger partial charge in [0.15, 0.2) is 0 Å². The van der Waals surface area contributed by atoms with Crippen LogP contribution in [0.3, 0.4) is 0 Å². The van der Waals surface area contributed by atoms with Crippen LogP contribution in [0.4, 0.5) is 0 Å². The van der Waals surface area contributed by atoms with Crippen LogP contribution >= 0.6 is 11.6 Å². The van der Waals surface area contributed by atoms with Crippen molar-refractivity contribution in [2.45, 2.75) is 84.7 Å². The molecule has 5 heteroatoms. The largest absolute Gasteiger partial charge is 0.337 e. The molecule has 1 aliphatic heterocycles. The van der Waals surface area contributed by atoms with Gasteiger partial charge in [-0.3, -0.25) is 14.5 Å². The van der Waals surface area contributed by atoms with Gasteiger partial charge >= 0.3 is 0 Å². The van der Waals surface area contributed by atoms with Gasteiger partial charge in [-0.05, 0) is 61.9 Å². The first-order valence-electron chi connectivity index (χ1n) is 11.7. The summed E-state index contributed by atoms with van der Waals surface area (Å²) in [6, 6.07) is 4.23. The first-order valence-corrected chi connectivity index (χ1v) is 12.1. The number of benzene rings is 1. The Morgan fingerprint density at radius 2 is 1.83 bits per heavy atom. The zero-order chi connectivity index (χ0) is 21.7. The minimum atomic E-state index is 0.237. The number of Topliss-reactive ketones (excluding diaryl/α,β-unsaturated/α-hetero) is 1. The van der Waals surface area contributed by atoms with Crippen molar-refractivity contribution < 1.29 is 9.59 Å². The molecular formula is C25H37ClN2O2. The van der Waals surface area contributed by atoms with Gasteiger partial charge in [0.25, 0.3) is 0 Å². The van der Waals surface area contributed by atoms with Crippen LogP contribution in [0.25, 0.3) is 0 Å². The number of carbonyl (C=O) groups is 2. The van der Waals surface area contributed by atoms with E-state index in [0.29, 0.717) is 29.6 Å². The number of piperazine rings is 1. The van der Waals surface area contributed by atoms with Crippen LogP contribution in [0.15, 0.2) is 12.1 Å². The maximum atomic E-state index is 12.9. The second-order valence-electron chi connectivity index (χ2n) is 9.27. The molecular weight excluding hydrogens is 396 g/mol. The number of amides is 1. The Morgan fingerprint density at radius 1 is 1.13 bits per heavy atom. The molecule has 0 spiro atoms. The Kier molecular flexibility index (Phi) is 8.35. The first kappa shape index (κ1) is 23.3. The summed E-state index contributed by atoms with van der Waals surface area (Å²) in [5.74, 6) is 0.911. The van der Waals surface area contributed by atoms with E-state index < -0.39 is 0 Å². The van der Waals surface area contributed by atoms with E-state index in [1.807, 2.05) is 12.1 Å². The monoisotopic (exact) mass is 432 g/mol. The van der Waals surface area contributed by atoms with Gasteiger partial charge in [-0.1, -0.05) is 37.8 Å². The maximum absolute atomic E-state index is 12.9. The van der Waals surface area contributed by atoms with Crippen LogP contribution in [0.1, 0.15) is 75.5 Å². The minimum absolute atomic E-state index is 0.237. The quantitative estimate of drug-likeness (QED) is 0.568. The van der Waals surface area contributed by atoms with Crippen molar-refractivity contribution in [1.29, 1.82) is 0 Å². The van der Waals surface area contributed by atoms with Crippen LogP contribution < -0.4 is 0 Å². The number of halogens is 1. The van der Waals surface area contributed by atoms with Crippen molar-refractivity contribution in [2.75, 3.05) is 19.6 Å². The van der Waals surface area contributed by atoms with Crippen LogP contribution in [-0.2, 0) is 22.6 Å². The second kappa shape index (κ2) is 10.8. The summed E-state index contributed by atoms with van der Waals surface area (Å²) in [5.41, 5.74) is 3.44. The third-order valence-electron chi connectivity index (χ3n) is 6.88. The highest BCUT2D eigenvalue weighted by Gasteiger charge is 2.33. The zero-order valence-corrected chi connectivity index (χ0v) is 19.6. The van der Waals surface area contributed by atoms with Crippen molar-refractivity contribution in [3.05, 3.63) is 33.8 Å². The number of ketones is 1. The molecule has 0 radical (unpaired) electrons. The number of hydrogen-bond acceptors (Lipinski definition) is 3. The standard InChI is InChI=1S/C25H37ClN2O2/c1-4-5-10-24(29)15-21-13-23(26)14-22(19(21)3)17-27-11-12-28(18(2)16-27)25(30)20-8-6-7-9-20/h13-14,18,20H,4-12,15-17H2,1-3H3/t18-/m0/s1. The molecule has 0 bridgehead atoms. The van der Waals surface area contributed by atoms with Crippen molar-refractivity contribution >= 4 is 23.3 Å². The van der Waals surface area contributed by atoms with Crippen molar-refractivity contribution in [1.82, 2.24) is 9.80 Å². The summed E-state index contributed by atoms with van der Waals surface area (Å²) >= 11 is 6.41. The SMILES string of the molecule is CCCCC(=O)Cc1cc(Cl)cc(CN2CCN(C(=O)C3CCCC3)[C@@H](C)C2)c1C. The lowest BCUT2D eigenvalue weighted by molar-refractivity contribution is -0.140. The van der Waals surface area contributed by atoms with E-state index in [1.54, 1.807) is 0 Å². The number of hydrogen-bond donors (Lipinski definition) is 0. The minimum Gasteiger partial charge on any atom is -0.337 e. The van der Waals surface area contributed by atoms with Crippen LogP contribution in [-0.4, -0.2) is 47.2 Å². The summed E-state index contributed by atoms with van der Waals surface area (Å²) in [5, 5.41) is 0.706. The van der Waals surface area contributed by atoms with Gasteiger partial charge in [-0.2, -0.15) is 0 Å². The molecule has 166 valence electrons. The first-order chi connectivity index (χ1) is 14.4. The Balaban J connectivity index is 1.62.